The van der Waals surface area contributed by atoms with Gasteiger partial charge in [-0.05, 0) is 210 Å². The summed E-state index contributed by atoms with van der Waals surface area (Å²) in [6, 6.07) is 65.2. The second-order valence-electron chi connectivity index (χ2n) is 23.0. The molecule has 0 aromatic heterocycles. The van der Waals surface area contributed by atoms with Gasteiger partial charge < -0.3 is 15.1 Å². The van der Waals surface area contributed by atoms with Crippen molar-refractivity contribution in [3.63, 3.8) is 0 Å². The molecule has 0 saturated heterocycles. The maximum atomic E-state index is 4.00. The van der Waals surface area contributed by atoms with E-state index in [9.17, 15) is 0 Å². The topological polar surface area (TPSA) is 18.5 Å². The van der Waals surface area contributed by atoms with Crippen molar-refractivity contribution in [2.45, 2.75) is 126 Å². The van der Waals surface area contributed by atoms with Crippen molar-refractivity contribution in [3.05, 3.63) is 214 Å². The summed E-state index contributed by atoms with van der Waals surface area (Å²) in [5.74, 6) is 0.995. The summed E-state index contributed by atoms with van der Waals surface area (Å²) in [6.07, 6.45) is 4.68. The van der Waals surface area contributed by atoms with Crippen LogP contribution in [-0.2, 0) is 5.41 Å². The Morgan fingerprint density at radius 1 is 0.533 bits per heavy atom. The van der Waals surface area contributed by atoms with E-state index in [0.717, 1.165) is 42.1 Å². The Hall–Kier alpha value is -7.30. The first-order valence-electron chi connectivity index (χ1n) is 27.7. The molecule has 0 bridgehead atoms. The molecule has 0 radical (unpaired) electrons. The van der Waals surface area contributed by atoms with Crippen LogP contribution in [0.2, 0.25) is 0 Å². The second-order valence-corrected chi connectivity index (χ2v) is 23.0. The normalized spacial score (nSPS) is 13.0. The van der Waals surface area contributed by atoms with Crippen molar-refractivity contribution in [3.8, 4) is 22.3 Å². The fourth-order valence-corrected chi connectivity index (χ4v) is 12.1. The van der Waals surface area contributed by atoms with Gasteiger partial charge in [-0.25, -0.2) is 0 Å². The monoisotopic (exact) mass is 982 g/mol. The summed E-state index contributed by atoms with van der Waals surface area (Å²) in [7, 11) is 0.749. The highest BCUT2D eigenvalue weighted by Gasteiger charge is 2.32. The maximum absolute atomic E-state index is 4.00. The van der Waals surface area contributed by atoms with Gasteiger partial charge in [0.05, 0.1) is 0 Å². The first-order chi connectivity index (χ1) is 36.1. The minimum atomic E-state index is 0.0571. The smallest absolute Gasteiger partial charge is 0.198 e. The van der Waals surface area contributed by atoms with Gasteiger partial charge in [-0.2, -0.15) is 0 Å². The van der Waals surface area contributed by atoms with Gasteiger partial charge in [-0.3, -0.25) is 0 Å². The largest absolute Gasteiger partial charge is 0.355 e. The molecule has 1 aliphatic rings. The van der Waals surface area contributed by atoms with Gasteiger partial charge in [0, 0.05) is 51.1 Å². The van der Waals surface area contributed by atoms with Crippen molar-refractivity contribution in [2.24, 2.45) is 0 Å². The number of hydrogen-bond acceptors (Lipinski definition) is 3. The molecule has 0 fully saturated rings. The molecule has 1 aliphatic heterocycles. The predicted molar refractivity (Wildman–Crippen MR) is 329 cm³/mol. The van der Waals surface area contributed by atoms with E-state index < -0.39 is 0 Å². The number of rotatable bonds is 14. The van der Waals surface area contributed by atoms with Gasteiger partial charge in [0.25, 0.3) is 0 Å². The Morgan fingerprint density at radius 3 is 1.80 bits per heavy atom. The minimum absolute atomic E-state index is 0.0571. The van der Waals surface area contributed by atoms with Gasteiger partial charge in [0.2, 0.25) is 0 Å². The Bertz CT molecular complexity index is 3500. The number of benzene rings is 9. The lowest BCUT2D eigenvalue weighted by molar-refractivity contribution is 0.590. The van der Waals surface area contributed by atoms with Crippen molar-refractivity contribution in [1.82, 2.24) is 0 Å². The van der Waals surface area contributed by atoms with Crippen LogP contribution in [0, 0.1) is 34.6 Å². The van der Waals surface area contributed by atoms with E-state index in [1.807, 2.05) is 0 Å². The molecule has 1 N–H and O–H groups in total. The third-order valence-electron chi connectivity index (χ3n) is 16.1. The zero-order chi connectivity index (χ0) is 52.7. The van der Waals surface area contributed by atoms with E-state index in [0.29, 0.717) is 11.8 Å². The lowest BCUT2D eigenvalue weighted by Crippen LogP contribution is -2.41. The molecular formula is C71H76BN3. The molecule has 75 heavy (non-hydrogen) atoms. The summed E-state index contributed by atoms with van der Waals surface area (Å²) < 4.78 is 0. The summed E-state index contributed by atoms with van der Waals surface area (Å²) in [6.45, 7) is 27.4. The third kappa shape index (κ3) is 10.3. The highest BCUT2D eigenvalue weighted by atomic mass is 15.2. The number of nitrogens with zero attached hydrogens (tertiary/aromatic N) is 2. The van der Waals surface area contributed by atoms with E-state index in [1.54, 1.807) is 0 Å². The molecule has 378 valence electrons. The molecule has 0 saturated carbocycles. The molecule has 1 heterocycles. The molecule has 4 heteroatoms. The SMILES string of the molecule is CCC[C@H](C)c1ccc(N(c2ccc(C)cc2)c2ccc3c(c2)Bc2c(-c4c(Nc5ccc(C(C)(C)C)cc5)ccc5ccccc45)cc(-c4c(C)cc(C)cc4C)cc2N3c2ccc([C@@H](C)CCC)cc2C)cc1. The van der Waals surface area contributed by atoms with E-state index in [-0.39, 0.29) is 5.41 Å². The van der Waals surface area contributed by atoms with Crippen LogP contribution in [-0.4, -0.2) is 7.28 Å². The zero-order valence-electron chi connectivity index (χ0n) is 46.8. The van der Waals surface area contributed by atoms with Crippen LogP contribution in [0.4, 0.5) is 45.5 Å². The molecule has 9 aromatic carbocycles. The average molecular weight is 982 g/mol. The van der Waals surface area contributed by atoms with E-state index in [4.69, 9.17) is 0 Å². The minimum Gasteiger partial charge on any atom is -0.355 e. The van der Waals surface area contributed by atoms with Crippen molar-refractivity contribution in [1.29, 1.82) is 0 Å². The molecule has 3 nitrogen and oxygen atoms in total. The molecule has 2 atom stereocenters. The van der Waals surface area contributed by atoms with Crippen LogP contribution in [0.1, 0.15) is 130 Å². The first kappa shape index (κ1) is 51.2. The molecule has 0 amide bonds. The molecule has 9 aromatic rings. The standard InChI is InChI=1S/C71H76BN3/c1-13-17-47(5)52-23-33-59(34-24-52)74(58-31-21-45(3)22-32-58)60-35-38-66-63(44-60)72-70-62(69-61-20-16-15-19-53(61)25-36-64(69)73-57-29-27-56(28-30-57)71(10,11)12)42-55(68-50(8)39-46(4)40-51(68)9)43-67(70)75(66)65-37-26-54(41-49(65)7)48(6)18-14-2/h15-16,19-44,47-48,72-73H,13-14,17-18H2,1-12H3/t47-,48-/m0/s1. The molecule has 0 unspecified atom stereocenters. The van der Waals surface area contributed by atoms with Crippen molar-refractivity contribution in [2.75, 3.05) is 15.1 Å². The summed E-state index contributed by atoms with van der Waals surface area (Å²) >= 11 is 0. The van der Waals surface area contributed by atoms with Gasteiger partial charge in [0.15, 0.2) is 7.28 Å². The lowest BCUT2D eigenvalue weighted by Gasteiger charge is -2.37. The van der Waals surface area contributed by atoms with Crippen LogP contribution in [0.25, 0.3) is 33.0 Å². The van der Waals surface area contributed by atoms with Gasteiger partial charge in [-0.15, -0.1) is 0 Å². The Balaban J connectivity index is 1.25. The predicted octanol–water partition coefficient (Wildman–Crippen LogP) is 19.2. The first-order valence-corrected chi connectivity index (χ1v) is 27.7. The number of aryl methyl sites for hydroxylation is 5. The van der Waals surface area contributed by atoms with Gasteiger partial charge >= 0.3 is 0 Å². The molecule has 0 aliphatic carbocycles. The molecule has 0 spiro atoms. The number of anilines is 8. The van der Waals surface area contributed by atoms with E-state index in [2.05, 4.69) is 268 Å². The van der Waals surface area contributed by atoms with Crippen molar-refractivity contribution < 1.29 is 0 Å². The van der Waals surface area contributed by atoms with Gasteiger partial charge in [0.1, 0.15) is 0 Å². The van der Waals surface area contributed by atoms with Crippen LogP contribution >= 0.6 is 0 Å². The summed E-state index contributed by atoms with van der Waals surface area (Å²) in [4.78, 5) is 5.06. The number of hydrogen-bond donors (Lipinski definition) is 1. The zero-order valence-corrected chi connectivity index (χ0v) is 46.8. The average Bonchev–Trinajstić information content (AvgIpc) is 3.40. The van der Waals surface area contributed by atoms with E-state index in [1.165, 1.54) is 125 Å². The highest BCUT2D eigenvalue weighted by Crippen LogP contribution is 2.47. The fourth-order valence-electron chi connectivity index (χ4n) is 12.1. The number of fused-ring (bicyclic) bond motifs is 3. The summed E-state index contributed by atoms with van der Waals surface area (Å²) in [5, 5.41) is 6.44. The quantitative estimate of drug-likeness (QED) is 0.110. The Labute approximate surface area is 449 Å². The van der Waals surface area contributed by atoms with Crippen LogP contribution in [0.3, 0.4) is 0 Å². The van der Waals surface area contributed by atoms with Gasteiger partial charge in [-0.1, -0.05) is 169 Å². The fraction of sp³-hybridized carbons (Fsp3) is 0.268. The van der Waals surface area contributed by atoms with Crippen molar-refractivity contribution >= 4 is 74.5 Å². The third-order valence-corrected chi connectivity index (χ3v) is 16.1. The summed E-state index contributed by atoms with van der Waals surface area (Å²) in [5.41, 5.74) is 27.4. The maximum Gasteiger partial charge on any atom is 0.198 e. The Kier molecular flexibility index (Phi) is 14.4. The molecular weight excluding hydrogens is 906 g/mol. The highest BCUT2D eigenvalue weighted by molar-refractivity contribution is 6.73. The van der Waals surface area contributed by atoms with Crippen LogP contribution in [0.15, 0.2) is 170 Å². The van der Waals surface area contributed by atoms with E-state index >= 15 is 0 Å². The van der Waals surface area contributed by atoms with Crippen LogP contribution < -0.4 is 26.0 Å². The Morgan fingerprint density at radius 2 is 1.15 bits per heavy atom. The number of nitrogens with one attached hydrogen (secondary N) is 1. The second kappa shape index (κ2) is 21.1. The molecule has 10 rings (SSSR count). The lowest BCUT2D eigenvalue weighted by atomic mass is 9.57. The van der Waals surface area contributed by atoms with Crippen LogP contribution in [0.5, 0.6) is 0 Å².